The van der Waals surface area contributed by atoms with E-state index in [9.17, 15) is 9.46 Å². The highest BCUT2D eigenvalue weighted by Gasteiger charge is 2.35. The lowest BCUT2D eigenvalue weighted by molar-refractivity contribution is 0.383. The third kappa shape index (κ3) is 3.28. The number of benzene rings is 1. The van der Waals surface area contributed by atoms with Crippen molar-refractivity contribution in [3.05, 3.63) is 33.0 Å². The predicted octanol–water partition coefficient (Wildman–Crippen LogP) is 5.55. The molecule has 1 aliphatic heterocycles. The molecule has 1 heterocycles. The highest BCUT2D eigenvalue weighted by atomic mass is 79.9. The van der Waals surface area contributed by atoms with Gasteiger partial charge in [-0.3, -0.25) is 0 Å². The van der Waals surface area contributed by atoms with Gasteiger partial charge >= 0.3 is 7.60 Å². The first-order valence-corrected chi connectivity index (χ1v) is 9.28. The van der Waals surface area contributed by atoms with Crippen molar-refractivity contribution < 1.29 is 14.0 Å². The molecule has 0 aromatic heterocycles. The Labute approximate surface area is 135 Å². The van der Waals surface area contributed by atoms with Crippen molar-refractivity contribution in [2.24, 2.45) is 0 Å². The van der Waals surface area contributed by atoms with Crippen LogP contribution in [-0.4, -0.2) is 4.89 Å². The lowest BCUT2D eigenvalue weighted by atomic mass is 9.79. The van der Waals surface area contributed by atoms with Crippen LogP contribution in [0.3, 0.4) is 0 Å². The molecule has 3 nitrogen and oxygen atoms in total. The Kier molecular flexibility index (Phi) is 3.98. The van der Waals surface area contributed by atoms with Crippen molar-refractivity contribution in [3.8, 4) is 5.75 Å². The highest BCUT2D eigenvalue weighted by molar-refractivity contribution is 9.13. The van der Waals surface area contributed by atoms with Crippen molar-refractivity contribution in [1.82, 2.24) is 0 Å². The molecular weight excluding hydrogens is 351 g/mol. The molecule has 0 amide bonds. The number of halogens is 1. The Morgan fingerprint density at radius 3 is 2.14 bits per heavy atom. The maximum Gasteiger partial charge on any atom is 0.415 e. The van der Waals surface area contributed by atoms with Crippen molar-refractivity contribution in [3.63, 3.8) is 0 Å². The molecule has 1 aromatic rings. The van der Waals surface area contributed by atoms with E-state index in [1.54, 1.807) is 6.08 Å². The number of hydrogen-bond acceptors (Lipinski definition) is 2. The van der Waals surface area contributed by atoms with Gasteiger partial charge in [-0.15, -0.1) is 0 Å². The van der Waals surface area contributed by atoms with Crippen LogP contribution in [-0.2, 0) is 15.4 Å². The summed E-state index contributed by atoms with van der Waals surface area (Å²) >= 11 is 3.15. The van der Waals surface area contributed by atoms with E-state index >= 15 is 0 Å². The van der Waals surface area contributed by atoms with Gasteiger partial charge in [0.2, 0.25) is 0 Å². The zero-order chi connectivity index (χ0) is 16.2. The van der Waals surface area contributed by atoms with E-state index in [0.29, 0.717) is 5.75 Å². The van der Waals surface area contributed by atoms with Crippen LogP contribution in [0.5, 0.6) is 5.75 Å². The molecule has 1 N–H and O–H groups in total. The van der Waals surface area contributed by atoms with Gasteiger partial charge in [-0.25, -0.2) is 4.57 Å². The van der Waals surface area contributed by atoms with Gasteiger partial charge in [-0.1, -0.05) is 47.6 Å². The van der Waals surface area contributed by atoms with Crippen molar-refractivity contribution in [2.45, 2.75) is 52.4 Å². The van der Waals surface area contributed by atoms with Crippen molar-refractivity contribution >= 4 is 29.6 Å². The number of rotatable bonds is 0. The van der Waals surface area contributed by atoms with Gasteiger partial charge in [0.15, 0.2) is 0 Å². The fourth-order valence-corrected chi connectivity index (χ4v) is 3.53. The summed E-state index contributed by atoms with van der Waals surface area (Å²) in [7, 11) is -3.78. The largest absolute Gasteiger partial charge is 0.420 e. The molecule has 2 rings (SSSR count). The quantitative estimate of drug-likeness (QED) is 0.607. The molecule has 5 heteroatoms. The van der Waals surface area contributed by atoms with Gasteiger partial charge in [0.05, 0.1) is 0 Å². The number of fused-ring (bicyclic) bond motifs is 1. The zero-order valence-electron chi connectivity index (χ0n) is 13.3. The molecule has 0 saturated carbocycles. The van der Waals surface area contributed by atoms with E-state index < -0.39 is 7.60 Å². The first-order valence-electron chi connectivity index (χ1n) is 6.91. The normalized spacial score (nSPS) is 22.4. The Balaban J connectivity index is 2.79. The Bertz CT molecular complexity index is 663. The summed E-state index contributed by atoms with van der Waals surface area (Å²) in [4.78, 5) is 9.93. The smallest absolute Gasteiger partial charge is 0.415 e. The molecular formula is C16H22BrO3P. The van der Waals surface area contributed by atoms with Crippen molar-refractivity contribution in [1.29, 1.82) is 0 Å². The molecule has 0 fully saturated rings. The third-order valence-corrected chi connectivity index (χ3v) is 6.22. The first kappa shape index (κ1) is 16.8. The van der Waals surface area contributed by atoms with Crippen LogP contribution in [0.1, 0.15) is 58.2 Å². The fourth-order valence-electron chi connectivity index (χ4n) is 2.23. The summed E-state index contributed by atoms with van der Waals surface area (Å²) in [6, 6.07) is 4.12. The average Bonchev–Trinajstić information content (AvgIpc) is 2.26. The van der Waals surface area contributed by atoms with E-state index in [0.717, 1.165) is 11.1 Å². The van der Waals surface area contributed by atoms with Crippen LogP contribution in [0.15, 0.2) is 16.4 Å². The molecule has 1 aliphatic rings. The van der Waals surface area contributed by atoms with E-state index in [2.05, 4.69) is 63.5 Å². The summed E-state index contributed by atoms with van der Waals surface area (Å²) in [6.45, 7) is 12.7. The predicted molar refractivity (Wildman–Crippen MR) is 91.2 cm³/mol. The lowest BCUT2D eigenvalue weighted by Crippen LogP contribution is -2.19. The van der Waals surface area contributed by atoms with E-state index in [-0.39, 0.29) is 15.1 Å². The number of hydrogen-bond donors (Lipinski definition) is 1. The summed E-state index contributed by atoms with van der Waals surface area (Å²) in [5.41, 5.74) is 2.80. The average molecular weight is 373 g/mol. The summed E-state index contributed by atoms with van der Waals surface area (Å²) in [5.74, 6) is 0.518. The minimum absolute atomic E-state index is 0.00426. The summed E-state index contributed by atoms with van der Waals surface area (Å²) < 4.78 is 17.8. The van der Waals surface area contributed by atoms with Crippen molar-refractivity contribution in [2.75, 3.05) is 0 Å². The third-order valence-electron chi connectivity index (χ3n) is 3.55. The monoisotopic (exact) mass is 372 g/mol. The van der Waals surface area contributed by atoms with Crippen LogP contribution in [0, 0.1) is 0 Å². The molecule has 0 saturated heterocycles. The minimum atomic E-state index is -3.78. The Morgan fingerprint density at radius 1 is 1.10 bits per heavy atom. The molecule has 116 valence electrons. The van der Waals surface area contributed by atoms with Crippen LogP contribution < -0.4 is 4.52 Å². The molecule has 1 unspecified atom stereocenters. The van der Waals surface area contributed by atoms with Gasteiger partial charge in [0.1, 0.15) is 9.97 Å². The Hall–Kier alpha value is -0.570. The van der Waals surface area contributed by atoms with Crippen LogP contribution in [0.2, 0.25) is 0 Å². The Morgan fingerprint density at radius 2 is 1.67 bits per heavy atom. The SMILES string of the molecule is CC(C)(C)c1cc2c(c(C(C)(C)C)c1)OP(=O)(O)C(Br)=C2. The van der Waals surface area contributed by atoms with Crippen LogP contribution >= 0.6 is 23.5 Å². The molecule has 0 spiro atoms. The second-order valence-corrected chi connectivity index (χ2v) is 10.7. The van der Waals surface area contributed by atoms with E-state index in [1.807, 2.05) is 6.07 Å². The molecule has 21 heavy (non-hydrogen) atoms. The second-order valence-electron chi connectivity index (χ2n) is 7.52. The van der Waals surface area contributed by atoms with E-state index in [4.69, 9.17) is 4.52 Å². The topological polar surface area (TPSA) is 46.5 Å². The maximum atomic E-state index is 12.1. The van der Waals surface area contributed by atoms with Gasteiger partial charge in [0, 0.05) is 11.1 Å². The van der Waals surface area contributed by atoms with Gasteiger partial charge in [-0.05, 0) is 44.5 Å². The fraction of sp³-hybridized carbons (Fsp3) is 0.500. The summed E-state index contributed by atoms with van der Waals surface area (Å²) in [6.07, 6.45) is 1.70. The van der Waals surface area contributed by atoms with Gasteiger partial charge < -0.3 is 9.42 Å². The lowest BCUT2D eigenvalue weighted by Gasteiger charge is -2.31. The standard InChI is InChI=1S/C16H22BrO3P/c1-15(2,3)11-7-10-8-13(17)21(18,19)20-14(10)12(9-11)16(4,5)6/h7-9H,1-6H3,(H,18,19). The van der Waals surface area contributed by atoms with Gasteiger partial charge in [-0.2, -0.15) is 0 Å². The molecule has 0 bridgehead atoms. The highest BCUT2D eigenvalue weighted by Crippen LogP contribution is 2.60. The zero-order valence-corrected chi connectivity index (χ0v) is 15.8. The second kappa shape index (κ2) is 4.97. The van der Waals surface area contributed by atoms with Crippen LogP contribution in [0.4, 0.5) is 0 Å². The van der Waals surface area contributed by atoms with Crippen LogP contribution in [0.25, 0.3) is 6.08 Å². The molecule has 0 aliphatic carbocycles. The van der Waals surface area contributed by atoms with Gasteiger partial charge in [0.25, 0.3) is 0 Å². The first-order chi connectivity index (χ1) is 9.32. The molecule has 0 radical (unpaired) electrons. The molecule has 1 aromatic carbocycles. The molecule has 1 atom stereocenters. The summed E-state index contributed by atoms with van der Waals surface area (Å²) in [5, 5.41) is 0. The maximum absolute atomic E-state index is 12.1. The van der Waals surface area contributed by atoms with E-state index in [1.165, 1.54) is 5.56 Å². The minimum Gasteiger partial charge on any atom is -0.420 e.